The van der Waals surface area contributed by atoms with Gasteiger partial charge in [-0.25, -0.2) is 0 Å². The van der Waals surface area contributed by atoms with Gasteiger partial charge in [0.05, 0.1) is 35.5 Å². The van der Waals surface area contributed by atoms with Crippen LogP contribution in [0.4, 0.5) is 0 Å². The lowest BCUT2D eigenvalue weighted by Crippen LogP contribution is -2.23. The SMILES string of the molecule is O=C(NCc1cc(Cl)c2c(c1)OCCCO2)c1cccc2cn[nH]c12. The molecule has 0 bridgehead atoms. The van der Waals surface area contributed by atoms with Crippen molar-refractivity contribution in [3.8, 4) is 11.5 Å². The van der Waals surface area contributed by atoms with E-state index >= 15 is 0 Å². The lowest BCUT2D eigenvalue weighted by Gasteiger charge is -2.12. The molecule has 0 aliphatic carbocycles. The first kappa shape index (κ1) is 15.8. The molecule has 0 atom stereocenters. The molecule has 2 N–H and O–H groups in total. The molecule has 1 aliphatic heterocycles. The summed E-state index contributed by atoms with van der Waals surface area (Å²) >= 11 is 6.28. The van der Waals surface area contributed by atoms with Crippen LogP contribution in [-0.2, 0) is 6.54 Å². The molecule has 128 valence electrons. The van der Waals surface area contributed by atoms with E-state index in [2.05, 4.69) is 15.5 Å². The summed E-state index contributed by atoms with van der Waals surface area (Å²) in [6, 6.07) is 9.13. The zero-order chi connectivity index (χ0) is 17.2. The smallest absolute Gasteiger partial charge is 0.253 e. The van der Waals surface area contributed by atoms with Gasteiger partial charge < -0.3 is 14.8 Å². The third kappa shape index (κ3) is 3.13. The molecule has 1 aliphatic rings. The molecule has 0 saturated carbocycles. The van der Waals surface area contributed by atoms with Crippen molar-refractivity contribution in [2.75, 3.05) is 13.2 Å². The van der Waals surface area contributed by atoms with Gasteiger partial charge in [0.1, 0.15) is 0 Å². The van der Waals surface area contributed by atoms with Crippen LogP contribution in [0.5, 0.6) is 11.5 Å². The maximum absolute atomic E-state index is 12.5. The largest absolute Gasteiger partial charge is 0.489 e. The van der Waals surface area contributed by atoms with Crippen molar-refractivity contribution < 1.29 is 14.3 Å². The summed E-state index contributed by atoms with van der Waals surface area (Å²) in [5.41, 5.74) is 2.12. The molecule has 1 amide bonds. The third-order valence-electron chi connectivity index (χ3n) is 4.04. The van der Waals surface area contributed by atoms with Crippen molar-refractivity contribution in [3.63, 3.8) is 0 Å². The van der Waals surface area contributed by atoms with Gasteiger partial charge in [-0.1, -0.05) is 23.7 Å². The molecular formula is C18H16ClN3O3. The number of rotatable bonds is 3. The number of H-pyrrole nitrogens is 1. The summed E-state index contributed by atoms with van der Waals surface area (Å²) in [5, 5.41) is 11.1. The van der Waals surface area contributed by atoms with Crippen molar-refractivity contribution in [3.05, 3.63) is 52.7 Å². The third-order valence-corrected chi connectivity index (χ3v) is 4.32. The van der Waals surface area contributed by atoms with Gasteiger partial charge in [-0.2, -0.15) is 5.10 Å². The molecule has 0 saturated heterocycles. The van der Waals surface area contributed by atoms with Crippen LogP contribution >= 0.6 is 11.6 Å². The van der Waals surface area contributed by atoms with Gasteiger partial charge in [-0.3, -0.25) is 9.89 Å². The fourth-order valence-electron chi connectivity index (χ4n) is 2.82. The monoisotopic (exact) mass is 357 g/mol. The molecule has 6 nitrogen and oxygen atoms in total. The van der Waals surface area contributed by atoms with Gasteiger partial charge in [0.2, 0.25) is 0 Å². The van der Waals surface area contributed by atoms with Gasteiger partial charge in [-0.15, -0.1) is 0 Å². The highest BCUT2D eigenvalue weighted by atomic mass is 35.5. The van der Waals surface area contributed by atoms with Gasteiger partial charge in [-0.05, 0) is 23.8 Å². The minimum Gasteiger partial charge on any atom is -0.489 e. The van der Waals surface area contributed by atoms with Gasteiger partial charge >= 0.3 is 0 Å². The minimum atomic E-state index is -0.182. The number of para-hydroxylation sites is 1. The molecule has 1 aromatic heterocycles. The van der Waals surface area contributed by atoms with E-state index in [0.717, 1.165) is 22.9 Å². The molecule has 2 heterocycles. The Balaban J connectivity index is 1.53. The van der Waals surface area contributed by atoms with Crippen LogP contribution in [0, 0.1) is 0 Å². The van der Waals surface area contributed by atoms with Crippen LogP contribution in [0.25, 0.3) is 10.9 Å². The topological polar surface area (TPSA) is 76.2 Å². The molecule has 2 aromatic carbocycles. The molecule has 0 fully saturated rings. The van der Waals surface area contributed by atoms with Crippen LogP contribution in [0.3, 0.4) is 0 Å². The normalized spacial score (nSPS) is 13.5. The predicted molar refractivity (Wildman–Crippen MR) is 94.3 cm³/mol. The van der Waals surface area contributed by atoms with Crippen molar-refractivity contribution in [1.82, 2.24) is 15.5 Å². The number of carbonyl (C=O) groups excluding carboxylic acids is 1. The Morgan fingerprint density at radius 1 is 1.28 bits per heavy atom. The molecule has 0 spiro atoms. The van der Waals surface area contributed by atoms with Crippen LogP contribution in [0.1, 0.15) is 22.3 Å². The average molecular weight is 358 g/mol. The Labute approximate surface area is 149 Å². The maximum Gasteiger partial charge on any atom is 0.253 e. The number of nitrogens with zero attached hydrogens (tertiary/aromatic N) is 1. The second kappa shape index (κ2) is 6.64. The molecule has 7 heteroatoms. The van der Waals surface area contributed by atoms with E-state index in [4.69, 9.17) is 21.1 Å². The Hall–Kier alpha value is -2.73. The Morgan fingerprint density at radius 2 is 2.16 bits per heavy atom. The Morgan fingerprint density at radius 3 is 3.08 bits per heavy atom. The number of nitrogens with one attached hydrogen (secondary N) is 2. The van der Waals surface area contributed by atoms with E-state index in [-0.39, 0.29) is 5.91 Å². The first-order valence-corrected chi connectivity index (χ1v) is 8.38. The lowest BCUT2D eigenvalue weighted by atomic mass is 10.1. The van der Waals surface area contributed by atoms with Gasteiger partial charge in [0.15, 0.2) is 11.5 Å². The maximum atomic E-state index is 12.5. The predicted octanol–water partition coefficient (Wildman–Crippen LogP) is 3.31. The first-order valence-electron chi connectivity index (χ1n) is 8.01. The number of halogens is 1. The quantitative estimate of drug-likeness (QED) is 0.754. The van der Waals surface area contributed by atoms with E-state index in [1.54, 1.807) is 18.3 Å². The summed E-state index contributed by atoms with van der Waals surface area (Å²) < 4.78 is 11.3. The fraction of sp³-hybridized carbons (Fsp3) is 0.222. The van der Waals surface area contributed by atoms with E-state index in [0.29, 0.717) is 41.8 Å². The highest BCUT2D eigenvalue weighted by molar-refractivity contribution is 6.32. The number of benzene rings is 2. The first-order chi connectivity index (χ1) is 12.2. The second-order valence-electron chi connectivity index (χ2n) is 5.78. The standard InChI is InChI=1S/C18H16ClN3O3/c19-14-7-11(8-15-17(14)25-6-2-5-24-15)9-20-18(23)13-4-1-3-12-10-21-22-16(12)13/h1,3-4,7-8,10H,2,5-6,9H2,(H,20,23)(H,21,22). The van der Waals surface area contributed by atoms with Crippen molar-refractivity contribution in [2.45, 2.75) is 13.0 Å². The number of fused-ring (bicyclic) bond motifs is 2. The zero-order valence-corrected chi connectivity index (χ0v) is 14.1. The van der Waals surface area contributed by atoms with E-state index in [1.807, 2.05) is 18.2 Å². The van der Waals surface area contributed by atoms with Crippen LogP contribution < -0.4 is 14.8 Å². The molecule has 3 aromatic rings. The zero-order valence-electron chi connectivity index (χ0n) is 13.3. The molecule has 0 radical (unpaired) electrons. The summed E-state index contributed by atoms with van der Waals surface area (Å²) in [6.07, 6.45) is 2.50. The molecule has 4 rings (SSSR count). The fourth-order valence-corrected chi connectivity index (χ4v) is 3.11. The highest BCUT2D eigenvalue weighted by Crippen LogP contribution is 2.37. The van der Waals surface area contributed by atoms with Gasteiger partial charge in [0.25, 0.3) is 5.91 Å². The van der Waals surface area contributed by atoms with Crippen LogP contribution in [-0.4, -0.2) is 29.3 Å². The second-order valence-corrected chi connectivity index (χ2v) is 6.19. The number of hydrogen-bond acceptors (Lipinski definition) is 4. The number of aromatic nitrogens is 2. The number of ether oxygens (including phenoxy) is 2. The highest BCUT2D eigenvalue weighted by Gasteiger charge is 2.16. The van der Waals surface area contributed by atoms with E-state index in [1.165, 1.54) is 0 Å². The van der Waals surface area contributed by atoms with Crippen LogP contribution in [0.15, 0.2) is 36.5 Å². The van der Waals surface area contributed by atoms with Crippen molar-refractivity contribution in [2.24, 2.45) is 0 Å². The summed E-state index contributed by atoms with van der Waals surface area (Å²) in [7, 11) is 0. The van der Waals surface area contributed by atoms with Crippen molar-refractivity contribution in [1.29, 1.82) is 0 Å². The minimum absolute atomic E-state index is 0.182. The summed E-state index contributed by atoms with van der Waals surface area (Å²) in [4.78, 5) is 12.5. The lowest BCUT2D eigenvalue weighted by molar-refractivity contribution is 0.0952. The number of hydrogen-bond donors (Lipinski definition) is 2. The molecular weight excluding hydrogens is 342 g/mol. The molecule has 25 heavy (non-hydrogen) atoms. The number of carbonyl (C=O) groups is 1. The van der Waals surface area contributed by atoms with Crippen molar-refractivity contribution >= 4 is 28.4 Å². The molecule has 0 unspecified atom stereocenters. The van der Waals surface area contributed by atoms with Gasteiger partial charge in [0, 0.05) is 18.4 Å². The Bertz CT molecular complexity index is 938. The summed E-state index contributed by atoms with van der Waals surface area (Å²) in [6.45, 7) is 1.50. The summed E-state index contributed by atoms with van der Waals surface area (Å²) in [5.74, 6) is 1.000. The number of amides is 1. The van der Waals surface area contributed by atoms with E-state index < -0.39 is 0 Å². The average Bonchev–Trinajstić information content (AvgIpc) is 2.97. The van der Waals surface area contributed by atoms with E-state index in [9.17, 15) is 4.79 Å². The Kier molecular flexibility index (Phi) is 4.19. The van der Waals surface area contributed by atoms with Crippen LogP contribution in [0.2, 0.25) is 5.02 Å². The number of aromatic amines is 1.